The van der Waals surface area contributed by atoms with Crippen LogP contribution in [0.25, 0.3) is 0 Å². The van der Waals surface area contributed by atoms with E-state index in [0.29, 0.717) is 17.3 Å². The van der Waals surface area contributed by atoms with Crippen molar-refractivity contribution in [1.29, 1.82) is 5.26 Å². The van der Waals surface area contributed by atoms with Gasteiger partial charge in [0.05, 0.1) is 11.0 Å². The number of sulfonamides is 1. The van der Waals surface area contributed by atoms with Crippen LogP contribution in [0.5, 0.6) is 0 Å². The molecule has 0 spiro atoms. The Kier molecular flexibility index (Phi) is 4.93. The molecule has 1 aromatic carbocycles. The van der Waals surface area contributed by atoms with Gasteiger partial charge in [-0.25, -0.2) is 13.1 Å². The van der Waals surface area contributed by atoms with Crippen molar-refractivity contribution in [1.82, 2.24) is 4.72 Å². The van der Waals surface area contributed by atoms with E-state index >= 15 is 0 Å². The third-order valence-electron chi connectivity index (χ3n) is 1.86. The molecule has 6 heteroatoms. The Morgan fingerprint density at radius 1 is 1.44 bits per heavy atom. The molecule has 0 amide bonds. The summed E-state index contributed by atoms with van der Waals surface area (Å²) < 4.78 is 26.6. The third-order valence-corrected chi connectivity index (χ3v) is 3.82. The maximum atomic E-state index is 11.7. The fraction of sp³-hybridized carbons (Fsp3) is 0.300. The van der Waals surface area contributed by atoms with Gasteiger partial charge in [0.25, 0.3) is 0 Å². The van der Waals surface area contributed by atoms with Crippen LogP contribution in [0.2, 0.25) is 0 Å². The first kappa shape index (κ1) is 13.2. The lowest BCUT2D eigenvalue weighted by atomic mass is 10.3. The number of hydrogen-bond donors (Lipinski definition) is 1. The fourth-order valence-corrected chi connectivity index (χ4v) is 2.76. The van der Waals surface area contributed by atoms with Gasteiger partial charge in [-0.2, -0.15) is 5.26 Å². The van der Waals surface area contributed by atoms with Gasteiger partial charge in [-0.1, -0.05) is 22.0 Å². The largest absolute Gasteiger partial charge is 0.240 e. The van der Waals surface area contributed by atoms with Crippen LogP contribution in [-0.2, 0) is 10.0 Å². The van der Waals surface area contributed by atoms with E-state index in [1.54, 1.807) is 12.1 Å². The fourth-order valence-electron chi connectivity index (χ4n) is 1.09. The first-order valence-corrected chi connectivity index (χ1v) is 6.96. The van der Waals surface area contributed by atoms with Crippen molar-refractivity contribution in [3.8, 4) is 6.07 Å². The summed E-state index contributed by atoms with van der Waals surface area (Å²) in [4.78, 5) is 0.221. The topological polar surface area (TPSA) is 70.0 Å². The lowest BCUT2D eigenvalue weighted by Crippen LogP contribution is -2.24. The van der Waals surface area contributed by atoms with Crippen molar-refractivity contribution in [3.63, 3.8) is 0 Å². The summed E-state index contributed by atoms with van der Waals surface area (Å²) in [5.74, 6) is 0. The highest BCUT2D eigenvalue weighted by Crippen LogP contribution is 2.15. The van der Waals surface area contributed by atoms with Crippen molar-refractivity contribution < 1.29 is 8.42 Å². The van der Waals surface area contributed by atoms with Crippen LogP contribution in [0.4, 0.5) is 0 Å². The lowest BCUT2D eigenvalue weighted by molar-refractivity contribution is 0.579. The van der Waals surface area contributed by atoms with E-state index < -0.39 is 10.0 Å². The zero-order valence-corrected chi connectivity index (χ0v) is 10.9. The minimum absolute atomic E-state index is 0.221. The normalized spacial score (nSPS) is 11.0. The molecule has 0 atom stereocenters. The van der Waals surface area contributed by atoms with E-state index in [9.17, 15) is 8.42 Å². The quantitative estimate of drug-likeness (QED) is 0.846. The predicted molar refractivity (Wildman–Crippen MR) is 64.2 cm³/mol. The zero-order chi connectivity index (χ0) is 12.0. The summed E-state index contributed by atoms with van der Waals surface area (Å²) in [7, 11) is -3.45. The number of unbranched alkanes of at least 4 members (excludes halogenated alkanes) is 1. The van der Waals surface area contributed by atoms with E-state index in [1.807, 2.05) is 6.07 Å². The number of nitrogens with zero attached hydrogens (tertiary/aromatic N) is 1. The smallest absolute Gasteiger partial charge is 0.211 e. The summed E-state index contributed by atoms with van der Waals surface area (Å²) in [6, 6.07) is 8.44. The lowest BCUT2D eigenvalue weighted by Gasteiger charge is -2.05. The Hall–Kier alpha value is -0.900. The van der Waals surface area contributed by atoms with Crippen LogP contribution in [0, 0.1) is 11.3 Å². The first-order chi connectivity index (χ1) is 7.56. The molecule has 0 fully saturated rings. The van der Waals surface area contributed by atoms with Gasteiger partial charge in [0.2, 0.25) is 10.0 Å². The van der Waals surface area contributed by atoms with Crippen LogP contribution in [0.1, 0.15) is 12.8 Å². The summed E-state index contributed by atoms with van der Waals surface area (Å²) in [6.45, 7) is 0.280. The van der Waals surface area contributed by atoms with E-state index in [4.69, 9.17) is 5.26 Å². The number of nitrogens with one attached hydrogen (secondary N) is 1. The van der Waals surface area contributed by atoms with Crippen molar-refractivity contribution in [2.75, 3.05) is 6.54 Å². The summed E-state index contributed by atoms with van der Waals surface area (Å²) in [5, 5.41) is 8.32. The Morgan fingerprint density at radius 2 is 2.19 bits per heavy atom. The molecule has 0 aromatic heterocycles. The van der Waals surface area contributed by atoms with Crippen molar-refractivity contribution in [2.45, 2.75) is 17.7 Å². The monoisotopic (exact) mass is 302 g/mol. The molecule has 0 saturated carbocycles. The van der Waals surface area contributed by atoms with E-state index in [2.05, 4.69) is 20.7 Å². The second kappa shape index (κ2) is 5.99. The molecule has 1 rings (SSSR count). The van der Waals surface area contributed by atoms with Gasteiger partial charge in [-0.05, 0) is 24.6 Å². The summed E-state index contributed by atoms with van der Waals surface area (Å²) >= 11 is 3.21. The molecule has 0 saturated heterocycles. The Bertz CT molecular complexity index is 494. The van der Waals surface area contributed by atoms with Crippen molar-refractivity contribution in [3.05, 3.63) is 28.7 Å². The minimum atomic E-state index is -3.45. The molecule has 0 aliphatic heterocycles. The Balaban J connectivity index is 2.68. The van der Waals surface area contributed by atoms with E-state index in [1.165, 1.54) is 12.1 Å². The molecule has 0 aliphatic rings. The van der Waals surface area contributed by atoms with Crippen LogP contribution in [0.3, 0.4) is 0 Å². The molecule has 16 heavy (non-hydrogen) atoms. The van der Waals surface area contributed by atoms with E-state index in [-0.39, 0.29) is 11.4 Å². The summed E-state index contributed by atoms with van der Waals surface area (Å²) in [5.41, 5.74) is 0. The average molecular weight is 303 g/mol. The number of benzene rings is 1. The molecule has 0 heterocycles. The third kappa shape index (κ3) is 3.93. The highest BCUT2D eigenvalue weighted by Gasteiger charge is 2.12. The second-order valence-corrected chi connectivity index (χ2v) is 5.80. The molecular formula is C10H11BrN2O2S. The van der Waals surface area contributed by atoms with Gasteiger partial charge < -0.3 is 0 Å². The molecule has 86 valence electrons. The number of nitriles is 1. The molecule has 0 aliphatic carbocycles. The van der Waals surface area contributed by atoms with Gasteiger partial charge >= 0.3 is 0 Å². The molecule has 1 N–H and O–H groups in total. The minimum Gasteiger partial charge on any atom is -0.211 e. The number of rotatable bonds is 5. The molecule has 4 nitrogen and oxygen atoms in total. The Labute approximate surface area is 103 Å². The maximum Gasteiger partial charge on any atom is 0.240 e. The van der Waals surface area contributed by atoms with Gasteiger partial charge in [0.15, 0.2) is 0 Å². The first-order valence-electron chi connectivity index (χ1n) is 4.68. The molecule has 1 aromatic rings. The van der Waals surface area contributed by atoms with Crippen LogP contribution < -0.4 is 4.72 Å². The van der Waals surface area contributed by atoms with Gasteiger partial charge in [-0.15, -0.1) is 0 Å². The molecule has 0 unspecified atom stereocenters. The number of hydrogen-bond acceptors (Lipinski definition) is 3. The SMILES string of the molecule is N#CCCCNS(=O)(=O)c1cccc(Br)c1. The predicted octanol–water partition coefficient (Wildman–Crippen LogP) is 2.03. The molecular weight excluding hydrogens is 292 g/mol. The zero-order valence-electron chi connectivity index (χ0n) is 8.48. The summed E-state index contributed by atoms with van der Waals surface area (Å²) in [6.07, 6.45) is 0.866. The van der Waals surface area contributed by atoms with Gasteiger partial charge in [0, 0.05) is 17.4 Å². The highest BCUT2D eigenvalue weighted by molar-refractivity contribution is 9.10. The average Bonchev–Trinajstić information content (AvgIpc) is 2.24. The molecule has 0 radical (unpaired) electrons. The van der Waals surface area contributed by atoms with Crippen molar-refractivity contribution >= 4 is 26.0 Å². The van der Waals surface area contributed by atoms with Crippen molar-refractivity contribution in [2.24, 2.45) is 0 Å². The van der Waals surface area contributed by atoms with Gasteiger partial charge in [-0.3, -0.25) is 0 Å². The highest BCUT2D eigenvalue weighted by atomic mass is 79.9. The second-order valence-electron chi connectivity index (χ2n) is 3.12. The number of halogens is 1. The van der Waals surface area contributed by atoms with E-state index in [0.717, 1.165) is 0 Å². The molecule has 0 bridgehead atoms. The standard InChI is InChI=1S/C10H11BrN2O2S/c11-9-4-3-5-10(8-9)16(14,15)13-7-2-1-6-12/h3-5,8,13H,1-2,7H2. The van der Waals surface area contributed by atoms with Gasteiger partial charge in [0.1, 0.15) is 0 Å². The maximum absolute atomic E-state index is 11.7. The van der Waals surface area contributed by atoms with Crippen LogP contribution in [-0.4, -0.2) is 15.0 Å². The Morgan fingerprint density at radius 3 is 2.81 bits per heavy atom. The van der Waals surface area contributed by atoms with Crippen LogP contribution in [0.15, 0.2) is 33.6 Å². The van der Waals surface area contributed by atoms with Crippen LogP contribution >= 0.6 is 15.9 Å².